The van der Waals surface area contributed by atoms with E-state index in [0.29, 0.717) is 23.9 Å². The van der Waals surface area contributed by atoms with Gasteiger partial charge >= 0.3 is 0 Å². The van der Waals surface area contributed by atoms with Crippen molar-refractivity contribution in [3.63, 3.8) is 0 Å². The smallest absolute Gasteiger partial charge is 0.287 e. The van der Waals surface area contributed by atoms with Gasteiger partial charge in [-0.05, 0) is 54.3 Å². The van der Waals surface area contributed by atoms with Crippen molar-refractivity contribution in [3.8, 4) is 11.3 Å². The van der Waals surface area contributed by atoms with E-state index in [1.165, 1.54) is 12.1 Å². The molecule has 0 aliphatic heterocycles. The third-order valence-corrected chi connectivity index (χ3v) is 5.96. The predicted octanol–water partition coefficient (Wildman–Crippen LogP) is 5.32. The second-order valence-electron chi connectivity index (χ2n) is 7.99. The first kappa shape index (κ1) is 20.5. The Labute approximate surface area is 189 Å². The van der Waals surface area contributed by atoms with E-state index < -0.39 is 0 Å². The molecular formula is C25H21ClFN3O2. The highest BCUT2D eigenvalue weighted by Gasteiger charge is 2.29. The van der Waals surface area contributed by atoms with Gasteiger partial charge in [0.2, 0.25) is 0 Å². The van der Waals surface area contributed by atoms with Gasteiger partial charge in [0.15, 0.2) is 5.76 Å². The largest absolute Gasteiger partial charge is 0.455 e. The lowest BCUT2D eigenvalue weighted by molar-refractivity contribution is 0.0920. The van der Waals surface area contributed by atoms with Crippen LogP contribution in [-0.2, 0) is 25.9 Å². The second kappa shape index (κ2) is 8.28. The number of halogens is 2. The minimum absolute atomic E-state index is 0.291. The van der Waals surface area contributed by atoms with Crippen molar-refractivity contribution in [2.24, 2.45) is 0 Å². The number of hydrogen-bond acceptors (Lipinski definition) is 3. The minimum Gasteiger partial charge on any atom is -0.455 e. The molecule has 0 saturated heterocycles. The summed E-state index contributed by atoms with van der Waals surface area (Å²) >= 11 is 6.11. The molecule has 32 heavy (non-hydrogen) atoms. The van der Waals surface area contributed by atoms with E-state index in [-0.39, 0.29) is 11.7 Å². The Morgan fingerprint density at radius 2 is 2.00 bits per heavy atom. The van der Waals surface area contributed by atoms with E-state index in [1.807, 2.05) is 35.9 Å². The highest BCUT2D eigenvalue weighted by molar-refractivity contribution is 6.30. The quantitative estimate of drug-likeness (QED) is 0.448. The Kier molecular flexibility index (Phi) is 5.31. The SMILES string of the molecule is Cc1c(C(=O)NCc2ccc(F)cc2)oc2c1-c1nn(Cc3cccc(Cl)c3)cc1CC2. The van der Waals surface area contributed by atoms with Crippen LogP contribution in [0.1, 0.15) is 38.6 Å². The van der Waals surface area contributed by atoms with Gasteiger partial charge in [0, 0.05) is 35.3 Å². The van der Waals surface area contributed by atoms with Crippen molar-refractivity contribution in [3.05, 3.63) is 99.3 Å². The molecule has 2 heterocycles. The summed E-state index contributed by atoms with van der Waals surface area (Å²) in [5.41, 5.74) is 5.58. The Morgan fingerprint density at radius 3 is 2.78 bits per heavy atom. The topological polar surface area (TPSA) is 60.1 Å². The van der Waals surface area contributed by atoms with Gasteiger partial charge in [0.05, 0.1) is 12.2 Å². The average molecular weight is 450 g/mol. The number of aromatic nitrogens is 2. The van der Waals surface area contributed by atoms with Crippen LogP contribution in [0.25, 0.3) is 11.3 Å². The van der Waals surface area contributed by atoms with Crippen LogP contribution in [0.2, 0.25) is 5.02 Å². The third kappa shape index (κ3) is 3.94. The van der Waals surface area contributed by atoms with Gasteiger partial charge < -0.3 is 9.73 Å². The number of nitrogens with zero attached hydrogens (tertiary/aromatic N) is 2. The third-order valence-electron chi connectivity index (χ3n) is 5.72. The first-order chi connectivity index (χ1) is 15.5. The van der Waals surface area contributed by atoms with Gasteiger partial charge in [-0.3, -0.25) is 9.48 Å². The Balaban J connectivity index is 1.38. The summed E-state index contributed by atoms with van der Waals surface area (Å²) in [5, 5.41) is 8.36. The molecule has 5 nitrogen and oxygen atoms in total. The number of nitrogens with one attached hydrogen (secondary N) is 1. The summed E-state index contributed by atoms with van der Waals surface area (Å²) in [6, 6.07) is 13.8. The number of fused-ring (bicyclic) bond motifs is 3. The number of carbonyl (C=O) groups excluding carboxylic acids is 1. The molecule has 2 aromatic carbocycles. The van der Waals surface area contributed by atoms with Crippen LogP contribution in [0.4, 0.5) is 4.39 Å². The molecule has 0 radical (unpaired) electrons. The molecule has 1 aliphatic carbocycles. The van der Waals surface area contributed by atoms with Crippen molar-refractivity contribution >= 4 is 17.5 Å². The zero-order chi connectivity index (χ0) is 22.2. The molecule has 0 saturated carbocycles. The molecule has 0 atom stereocenters. The van der Waals surface area contributed by atoms with Gasteiger partial charge in [-0.25, -0.2) is 4.39 Å². The van der Waals surface area contributed by atoms with E-state index in [1.54, 1.807) is 12.1 Å². The first-order valence-electron chi connectivity index (χ1n) is 10.4. The van der Waals surface area contributed by atoms with Crippen LogP contribution < -0.4 is 5.32 Å². The van der Waals surface area contributed by atoms with Gasteiger partial charge in [0.1, 0.15) is 11.6 Å². The van der Waals surface area contributed by atoms with Crippen molar-refractivity contribution in [1.29, 1.82) is 0 Å². The van der Waals surface area contributed by atoms with Crippen molar-refractivity contribution in [1.82, 2.24) is 15.1 Å². The van der Waals surface area contributed by atoms with Crippen LogP contribution in [0.5, 0.6) is 0 Å². The van der Waals surface area contributed by atoms with Gasteiger partial charge in [-0.1, -0.05) is 35.9 Å². The van der Waals surface area contributed by atoms with E-state index in [4.69, 9.17) is 21.1 Å². The fraction of sp³-hybridized carbons (Fsp3) is 0.200. The van der Waals surface area contributed by atoms with Crippen LogP contribution in [0.15, 0.2) is 59.1 Å². The maximum absolute atomic E-state index is 13.1. The number of aryl methyl sites for hydroxylation is 2. The molecule has 1 N–H and O–H groups in total. The average Bonchev–Trinajstić information content (AvgIpc) is 3.33. The molecule has 1 amide bonds. The lowest BCUT2D eigenvalue weighted by atomic mass is 9.93. The lowest BCUT2D eigenvalue weighted by Gasteiger charge is -2.09. The van der Waals surface area contributed by atoms with Crippen LogP contribution in [0, 0.1) is 12.7 Å². The molecule has 7 heteroatoms. The zero-order valence-electron chi connectivity index (χ0n) is 17.5. The number of carbonyl (C=O) groups is 1. The summed E-state index contributed by atoms with van der Waals surface area (Å²) in [6.45, 7) is 2.80. The van der Waals surface area contributed by atoms with Gasteiger partial charge in [-0.15, -0.1) is 0 Å². The van der Waals surface area contributed by atoms with Crippen LogP contribution in [0.3, 0.4) is 0 Å². The predicted molar refractivity (Wildman–Crippen MR) is 120 cm³/mol. The van der Waals surface area contributed by atoms with Crippen LogP contribution in [-0.4, -0.2) is 15.7 Å². The molecular weight excluding hydrogens is 429 g/mol. The van der Waals surface area contributed by atoms with E-state index in [0.717, 1.165) is 52.1 Å². The van der Waals surface area contributed by atoms with Gasteiger partial charge in [0.25, 0.3) is 5.91 Å². The van der Waals surface area contributed by atoms with Crippen molar-refractivity contribution in [2.75, 3.05) is 0 Å². The molecule has 5 rings (SSSR count). The molecule has 1 aliphatic rings. The molecule has 0 fully saturated rings. The Hall–Kier alpha value is -3.38. The Bertz CT molecular complexity index is 1310. The molecule has 0 spiro atoms. The summed E-state index contributed by atoms with van der Waals surface area (Å²) in [4.78, 5) is 12.8. The van der Waals surface area contributed by atoms with E-state index >= 15 is 0 Å². The number of rotatable bonds is 5. The second-order valence-corrected chi connectivity index (χ2v) is 8.43. The molecule has 2 aromatic heterocycles. The first-order valence-corrected chi connectivity index (χ1v) is 10.8. The van der Waals surface area contributed by atoms with Crippen molar-refractivity contribution in [2.45, 2.75) is 32.9 Å². The minimum atomic E-state index is -0.305. The van der Waals surface area contributed by atoms with Gasteiger partial charge in [-0.2, -0.15) is 5.10 Å². The summed E-state index contributed by atoms with van der Waals surface area (Å²) in [6.07, 6.45) is 3.58. The number of benzene rings is 2. The molecule has 162 valence electrons. The maximum atomic E-state index is 13.1. The summed E-state index contributed by atoms with van der Waals surface area (Å²) in [7, 11) is 0. The zero-order valence-corrected chi connectivity index (χ0v) is 18.2. The van der Waals surface area contributed by atoms with E-state index in [9.17, 15) is 9.18 Å². The normalized spacial score (nSPS) is 12.3. The summed E-state index contributed by atoms with van der Waals surface area (Å²) in [5.74, 6) is 0.491. The van der Waals surface area contributed by atoms with Crippen LogP contribution >= 0.6 is 11.6 Å². The fourth-order valence-electron chi connectivity index (χ4n) is 4.15. The highest BCUT2D eigenvalue weighted by atomic mass is 35.5. The molecule has 4 aromatic rings. The molecule has 0 bridgehead atoms. The van der Waals surface area contributed by atoms with E-state index in [2.05, 4.69) is 11.5 Å². The number of furan rings is 1. The Morgan fingerprint density at radius 1 is 1.19 bits per heavy atom. The monoisotopic (exact) mass is 449 g/mol. The highest BCUT2D eigenvalue weighted by Crippen LogP contribution is 2.38. The standard InChI is InChI=1S/C25H21ClFN3O2/c1-15-22-21(32-24(15)25(31)28-12-16-5-8-20(27)9-6-16)10-7-18-14-30(29-23(18)22)13-17-3-2-4-19(26)11-17/h2-6,8-9,11,14H,7,10,12-13H2,1H3,(H,28,31). The fourth-order valence-corrected chi connectivity index (χ4v) is 4.36. The number of hydrogen-bond donors (Lipinski definition) is 1. The van der Waals surface area contributed by atoms with Crippen molar-refractivity contribution < 1.29 is 13.6 Å². The maximum Gasteiger partial charge on any atom is 0.287 e. The molecule has 0 unspecified atom stereocenters. The number of amides is 1. The summed E-state index contributed by atoms with van der Waals surface area (Å²) < 4.78 is 21.0. The lowest BCUT2D eigenvalue weighted by Crippen LogP contribution is -2.23.